The lowest BCUT2D eigenvalue weighted by molar-refractivity contribution is -0.133. The molecule has 0 aromatic carbocycles. The second kappa shape index (κ2) is 5.39. The molecule has 0 radical (unpaired) electrons. The van der Waals surface area contributed by atoms with Gasteiger partial charge in [-0.2, -0.15) is 5.10 Å². The Balaban J connectivity index is 2.17. The van der Waals surface area contributed by atoms with Gasteiger partial charge in [0.05, 0.1) is 13.0 Å². The molecule has 5 nitrogen and oxygen atoms in total. The van der Waals surface area contributed by atoms with E-state index < -0.39 is 0 Å². The van der Waals surface area contributed by atoms with E-state index in [-0.39, 0.29) is 12.3 Å². The van der Waals surface area contributed by atoms with Crippen LogP contribution in [-0.4, -0.2) is 22.7 Å². The Morgan fingerprint density at radius 1 is 1.71 bits per heavy atom. The van der Waals surface area contributed by atoms with Crippen molar-refractivity contribution in [1.29, 1.82) is 0 Å². The molecule has 0 aliphatic rings. The number of rotatable bonds is 5. The number of amides is 1. The molecule has 0 bridgehead atoms. The first-order valence-corrected chi connectivity index (χ1v) is 4.57. The van der Waals surface area contributed by atoms with Crippen LogP contribution in [0.4, 0.5) is 0 Å². The number of nitrogens with one attached hydrogen (secondary N) is 2. The van der Waals surface area contributed by atoms with Crippen LogP contribution < -0.4 is 5.48 Å². The van der Waals surface area contributed by atoms with E-state index in [0.29, 0.717) is 12.5 Å². The summed E-state index contributed by atoms with van der Waals surface area (Å²) in [7, 11) is 0. The summed E-state index contributed by atoms with van der Waals surface area (Å²) >= 11 is 0. The zero-order valence-corrected chi connectivity index (χ0v) is 8.41. The molecule has 1 aromatic heterocycles. The monoisotopic (exact) mass is 197 g/mol. The number of aromatic nitrogens is 2. The van der Waals surface area contributed by atoms with Gasteiger partial charge in [-0.3, -0.25) is 14.7 Å². The number of aromatic amines is 1. The largest absolute Gasteiger partial charge is 0.282 e. The third kappa shape index (κ3) is 4.04. The van der Waals surface area contributed by atoms with E-state index in [2.05, 4.69) is 15.7 Å². The van der Waals surface area contributed by atoms with Crippen molar-refractivity contribution in [3.63, 3.8) is 0 Å². The number of nitrogens with zero attached hydrogens (tertiary/aromatic N) is 1. The topological polar surface area (TPSA) is 67.0 Å². The van der Waals surface area contributed by atoms with Crippen LogP contribution in [0.3, 0.4) is 0 Å². The van der Waals surface area contributed by atoms with Crippen LogP contribution in [0.2, 0.25) is 0 Å². The number of hydroxylamine groups is 1. The summed E-state index contributed by atoms with van der Waals surface area (Å²) in [6.45, 7) is 4.55. The zero-order valence-electron chi connectivity index (χ0n) is 8.41. The SMILES string of the molecule is CC(C)CONC(=O)Cc1ccn[nH]1. The lowest BCUT2D eigenvalue weighted by atomic mass is 10.2. The zero-order chi connectivity index (χ0) is 10.4. The smallest absolute Gasteiger partial charge is 0.249 e. The van der Waals surface area contributed by atoms with Crippen LogP contribution in [0.1, 0.15) is 19.5 Å². The summed E-state index contributed by atoms with van der Waals surface area (Å²) in [5.74, 6) is 0.234. The fourth-order valence-electron chi connectivity index (χ4n) is 0.881. The first-order valence-electron chi connectivity index (χ1n) is 4.57. The first kappa shape index (κ1) is 10.7. The average molecular weight is 197 g/mol. The maximum Gasteiger partial charge on any atom is 0.249 e. The highest BCUT2D eigenvalue weighted by molar-refractivity contribution is 5.76. The van der Waals surface area contributed by atoms with Crippen LogP contribution in [0.15, 0.2) is 12.3 Å². The molecule has 0 saturated carbocycles. The molecular weight excluding hydrogens is 182 g/mol. The van der Waals surface area contributed by atoms with Gasteiger partial charge in [-0.05, 0) is 12.0 Å². The van der Waals surface area contributed by atoms with Crippen molar-refractivity contribution in [2.45, 2.75) is 20.3 Å². The van der Waals surface area contributed by atoms with Crippen LogP contribution in [0.5, 0.6) is 0 Å². The van der Waals surface area contributed by atoms with Gasteiger partial charge in [0.2, 0.25) is 5.91 Å². The fraction of sp³-hybridized carbons (Fsp3) is 0.556. The molecule has 1 heterocycles. The Morgan fingerprint density at radius 3 is 3.07 bits per heavy atom. The maximum absolute atomic E-state index is 11.2. The van der Waals surface area contributed by atoms with Crippen molar-refractivity contribution < 1.29 is 9.63 Å². The molecule has 14 heavy (non-hydrogen) atoms. The number of hydrogen-bond donors (Lipinski definition) is 2. The Morgan fingerprint density at radius 2 is 2.50 bits per heavy atom. The first-order chi connectivity index (χ1) is 6.68. The minimum atomic E-state index is -0.171. The molecular formula is C9H15N3O2. The van der Waals surface area contributed by atoms with E-state index in [9.17, 15) is 4.79 Å². The normalized spacial score (nSPS) is 10.5. The summed E-state index contributed by atoms with van der Waals surface area (Å²) in [5.41, 5.74) is 3.14. The van der Waals surface area contributed by atoms with E-state index in [1.807, 2.05) is 13.8 Å². The highest BCUT2D eigenvalue weighted by Gasteiger charge is 2.04. The maximum atomic E-state index is 11.2. The molecule has 2 N–H and O–H groups in total. The van der Waals surface area contributed by atoms with Gasteiger partial charge in [-0.15, -0.1) is 0 Å². The average Bonchev–Trinajstić information content (AvgIpc) is 2.56. The Bertz CT molecular complexity index is 270. The van der Waals surface area contributed by atoms with Crippen LogP contribution in [-0.2, 0) is 16.1 Å². The highest BCUT2D eigenvalue weighted by atomic mass is 16.6. The molecule has 0 aliphatic carbocycles. The van der Waals surface area contributed by atoms with Crippen molar-refractivity contribution >= 4 is 5.91 Å². The lowest BCUT2D eigenvalue weighted by Crippen LogP contribution is -2.27. The standard InChI is InChI=1S/C9H15N3O2/c1-7(2)6-14-12-9(13)5-8-3-4-10-11-8/h3-4,7H,5-6H2,1-2H3,(H,10,11)(H,12,13). The summed E-state index contributed by atoms with van der Waals surface area (Å²) in [5, 5.41) is 6.44. The summed E-state index contributed by atoms with van der Waals surface area (Å²) in [4.78, 5) is 16.2. The van der Waals surface area contributed by atoms with Crippen molar-refractivity contribution in [3.05, 3.63) is 18.0 Å². The van der Waals surface area contributed by atoms with Gasteiger partial charge < -0.3 is 0 Å². The van der Waals surface area contributed by atoms with E-state index in [4.69, 9.17) is 4.84 Å². The minimum absolute atomic E-state index is 0.171. The van der Waals surface area contributed by atoms with Crippen LogP contribution in [0, 0.1) is 5.92 Å². The van der Waals surface area contributed by atoms with Gasteiger partial charge in [-0.1, -0.05) is 13.8 Å². The molecule has 78 valence electrons. The van der Waals surface area contributed by atoms with E-state index in [1.165, 1.54) is 0 Å². The number of carbonyl (C=O) groups excluding carboxylic acids is 1. The number of H-pyrrole nitrogens is 1. The molecule has 0 fully saturated rings. The van der Waals surface area contributed by atoms with E-state index in [1.54, 1.807) is 12.3 Å². The van der Waals surface area contributed by atoms with Crippen molar-refractivity contribution in [3.8, 4) is 0 Å². The number of carbonyl (C=O) groups is 1. The summed E-state index contributed by atoms with van der Waals surface area (Å²) < 4.78 is 0. The second-order valence-electron chi connectivity index (χ2n) is 3.49. The molecule has 1 aromatic rings. The van der Waals surface area contributed by atoms with Gasteiger partial charge in [0, 0.05) is 11.9 Å². The lowest BCUT2D eigenvalue weighted by Gasteiger charge is -2.06. The molecule has 0 saturated heterocycles. The van der Waals surface area contributed by atoms with Gasteiger partial charge in [-0.25, -0.2) is 5.48 Å². The fourth-order valence-corrected chi connectivity index (χ4v) is 0.881. The Labute approximate surface area is 82.8 Å². The van der Waals surface area contributed by atoms with E-state index in [0.717, 1.165) is 5.69 Å². The number of hydrogen-bond acceptors (Lipinski definition) is 3. The molecule has 0 spiro atoms. The molecule has 0 unspecified atom stereocenters. The predicted molar refractivity (Wildman–Crippen MR) is 51.2 cm³/mol. The van der Waals surface area contributed by atoms with Gasteiger partial charge in [0.25, 0.3) is 0 Å². The van der Waals surface area contributed by atoms with Gasteiger partial charge in [0.15, 0.2) is 0 Å². The summed E-state index contributed by atoms with van der Waals surface area (Å²) in [6, 6.07) is 1.75. The highest BCUT2D eigenvalue weighted by Crippen LogP contribution is 1.94. The summed E-state index contributed by atoms with van der Waals surface area (Å²) in [6.07, 6.45) is 1.87. The third-order valence-electron chi connectivity index (χ3n) is 1.51. The molecule has 1 amide bonds. The van der Waals surface area contributed by atoms with Gasteiger partial charge >= 0.3 is 0 Å². The van der Waals surface area contributed by atoms with Crippen LogP contribution >= 0.6 is 0 Å². The molecule has 0 aliphatic heterocycles. The molecule has 5 heteroatoms. The molecule has 1 rings (SSSR count). The minimum Gasteiger partial charge on any atom is -0.282 e. The second-order valence-corrected chi connectivity index (χ2v) is 3.49. The van der Waals surface area contributed by atoms with Crippen LogP contribution in [0.25, 0.3) is 0 Å². The Kier molecular flexibility index (Phi) is 4.12. The van der Waals surface area contributed by atoms with Gasteiger partial charge in [0.1, 0.15) is 0 Å². The van der Waals surface area contributed by atoms with Crippen molar-refractivity contribution in [2.75, 3.05) is 6.61 Å². The van der Waals surface area contributed by atoms with Crippen molar-refractivity contribution in [1.82, 2.24) is 15.7 Å². The van der Waals surface area contributed by atoms with E-state index >= 15 is 0 Å². The Hall–Kier alpha value is -1.36. The molecule has 0 atom stereocenters. The van der Waals surface area contributed by atoms with Crippen molar-refractivity contribution in [2.24, 2.45) is 5.92 Å². The third-order valence-corrected chi connectivity index (χ3v) is 1.51. The quantitative estimate of drug-likeness (QED) is 0.681. The predicted octanol–water partition coefficient (Wildman–Crippen LogP) is 0.656.